The van der Waals surface area contributed by atoms with Crippen molar-refractivity contribution in [3.63, 3.8) is 0 Å². The van der Waals surface area contributed by atoms with Crippen molar-refractivity contribution in [1.29, 1.82) is 0 Å². The molecule has 1 amide bonds. The Hall–Kier alpha value is -0.700. The Balaban J connectivity index is 1.66. The van der Waals surface area contributed by atoms with Crippen LogP contribution in [0.3, 0.4) is 0 Å². The maximum absolute atomic E-state index is 12.2. The van der Waals surface area contributed by atoms with E-state index in [0.29, 0.717) is 36.0 Å². The van der Waals surface area contributed by atoms with Gasteiger partial charge >= 0.3 is 0 Å². The molecule has 3 aliphatic rings. The number of fused-ring (bicyclic) bond motifs is 1. The summed E-state index contributed by atoms with van der Waals surface area (Å²) in [5, 5.41) is 24.0. The van der Waals surface area contributed by atoms with Crippen molar-refractivity contribution in [3.8, 4) is 0 Å². The molecule has 7 atom stereocenters. The van der Waals surface area contributed by atoms with Gasteiger partial charge in [0.1, 0.15) is 0 Å². The summed E-state index contributed by atoms with van der Waals surface area (Å²) in [6.45, 7) is 9.10. The van der Waals surface area contributed by atoms with Crippen LogP contribution in [0.2, 0.25) is 0 Å². The second-order valence-electron chi connectivity index (χ2n) is 12.5. The Morgan fingerprint density at radius 3 is 2.31 bits per heavy atom. The van der Waals surface area contributed by atoms with Gasteiger partial charge in [0, 0.05) is 13.0 Å². The minimum absolute atomic E-state index is 0.0664. The van der Waals surface area contributed by atoms with E-state index in [2.05, 4.69) is 33.0 Å². The van der Waals surface area contributed by atoms with Crippen LogP contribution >= 0.6 is 0 Å². The fourth-order valence-corrected chi connectivity index (χ4v) is 8.75. The number of amides is 1. The first-order chi connectivity index (χ1) is 16.3. The molecule has 0 bridgehead atoms. The van der Waals surface area contributed by atoms with Gasteiger partial charge in [0.05, 0.1) is 18.0 Å². The van der Waals surface area contributed by atoms with Gasteiger partial charge in [-0.2, -0.15) is 8.42 Å². The summed E-state index contributed by atoms with van der Waals surface area (Å²) in [6, 6.07) is 0. The van der Waals surface area contributed by atoms with Crippen molar-refractivity contribution >= 4 is 16.0 Å². The molecule has 0 unspecified atom stereocenters. The molecule has 3 saturated carbocycles. The lowest BCUT2D eigenvalue weighted by Gasteiger charge is -2.56. The van der Waals surface area contributed by atoms with E-state index in [9.17, 15) is 23.4 Å². The molecular weight excluding hydrogens is 466 g/mol. The van der Waals surface area contributed by atoms with E-state index in [4.69, 9.17) is 4.55 Å². The minimum Gasteiger partial charge on any atom is -0.393 e. The van der Waals surface area contributed by atoms with Gasteiger partial charge in [0.15, 0.2) is 0 Å². The Bertz CT molecular complexity index is 824. The smallest absolute Gasteiger partial charge is 0.266 e. The lowest BCUT2D eigenvalue weighted by molar-refractivity contribution is -0.122. The van der Waals surface area contributed by atoms with Gasteiger partial charge in [-0.1, -0.05) is 27.7 Å². The zero-order valence-corrected chi connectivity index (χ0v) is 23.0. The Kier molecular flexibility index (Phi) is 9.37. The highest BCUT2D eigenvalue weighted by molar-refractivity contribution is 7.85. The number of aliphatic hydroxyl groups excluding tert-OH is 2. The van der Waals surface area contributed by atoms with Crippen LogP contribution < -0.4 is 5.32 Å². The first-order valence-corrected chi connectivity index (χ1v) is 15.5. The molecule has 0 aliphatic heterocycles. The van der Waals surface area contributed by atoms with Crippen LogP contribution in [0.15, 0.2) is 0 Å². The first-order valence-electron chi connectivity index (χ1n) is 13.9. The van der Waals surface area contributed by atoms with Gasteiger partial charge in [-0.15, -0.1) is 0 Å². The Morgan fingerprint density at radius 1 is 1.06 bits per heavy atom. The number of rotatable bonds is 10. The fraction of sp³-hybridized carbons (Fsp3) is 0.963. The van der Waals surface area contributed by atoms with E-state index in [0.717, 1.165) is 64.2 Å². The van der Waals surface area contributed by atoms with E-state index in [1.807, 2.05) is 0 Å². The van der Waals surface area contributed by atoms with Crippen molar-refractivity contribution in [2.75, 3.05) is 12.3 Å². The summed E-state index contributed by atoms with van der Waals surface area (Å²) < 4.78 is 30.5. The molecule has 0 aromatic heterocycles. The maximum Gasteiger partial charge on any atom is 0.266 e. The molecule has 3 aliphatic carbocycles. The second-order valence-corrected chi connectivity index (χ2v) is 14.1. The van der Waals surface area contributed by atoms with Gasteiger partial charge < -0.3 is 15.5 Å². The number of hydrogen-bond donors (Lipinski definition) is 4. The molecule has 0 aromatic rings. The predicted octanol–water partition coefficient (Wildman–Crippen LogP) is 4.18. The highest BCUT2D eigenvalue weighted by Crippen LogP contribution is 2.65. The Morgan fingerprint density at radius 2 is 1.71 bits per heavy atom. The SMILES string of the molecule is CC[C@H](O)[C@H]1[C@@H]2CC[C@H]([C@H](C)CCC(=O)NCCS(=O)(=O)O)[C@@]2(C)CC[C@@H]1[C@]1(C)CC[C@H](O)CC1. The van der Waals surface area contributed by atoms with Crippen LogP contribution in [0, 0.1) is 40.4 Å². The predicted molar refractivity (Wildman–Crippen MR) is 137 cm³/mol. The standard InChI is InChI=1S/C27H49NO6S/c1-5-23(30)25-21(26(3)13-10-19(29)11-14-26)12-15-27(4)20(7-8-22(25)27)18(2)6-9-24(31)28-16-17-35(32,33)34/h18-23,25,29-30H,5-17H2,1-4H3,(H,28,31)(H,32,33,34)/t18-,19-,20-,21+,22+,23+,25-,26+,27-/m1/s1. The quantitative estimate of drug-likeness (QED) is 0.324. The Labute approximate surface area is 212 Å². The summed E-state index contributed by atoms with van der Waals surface area (Å²) >= 11 is 0. The lowest BCUT2D eigenvalue weighted by Crippen LogP contribution is -2.52. The number of hydrogen-bond acceptors (Lipinski definition) is 5. The van der Waals surface area contributed by atoms with Crippen LogP contribution in [0.4, 0.5) is 0 Å². The topological polar surface area (TPSA) is 124 Å². The summed E-state index contributed by atoms with van der Waals surface area (Å²) in [5.74, 6) is 1.51. The van der Waals surface area contributed by atoms with E-state index in [1.54, 1.807) is 0 Å². The third kappa shape index (κ3) is 6.60. The first kappa shape index (κ1) is 28.9. The average Bonchev–Trinajstić information content (AvgIpc) is 3.14. The molecule has 0 aromatic carbocycles. The summed E-state index contributed by atoms with van der Waals surface area (Å²) in [4.78, 5) is 12.2. The van der Waals surface area contributed by atoms with Gasteiger partial charge in [-0.25, -0.2) is 0 Å². The van der Waals surface area contributed by atoms with Crippen LogP contribution in [0.25, 0.3) is 0 Å². The van der Waals surface area contributed by atoms with E-state index in [1.165, 1.54) is 0 Å². The third-order valence-corrected chi connectivity index (χ3v) is 11.2. The third-order valence-electron chi connectivity index (χ3n) is 10.5. The monoisotopic (exact) mass is 515 g/mol. The summed E-state index contributed by atoms with van der Waals surface area (Å²) in [5.41, 5.74) is 0.341. The van der Waals surface area contributed by atoms with E-state index < -0.39 is 15.9 Å². The minimum atomic E-state index is -4.07. The summed E-state index contributed by atoms with van der Waals surface area (Å²) in [7, 11) is -4.07. The number of carbonyl (C=O) groups excluding carboxylic acids is 1. The maximum atomic E-state index is 12.2. The van der Waals surface area contributed by atoms with E-state index in [-0.39, 0.29) is 35.5 Å². The van der Waals surface area contributed by atoms with Crippen molar-refractivity contribution in [3.05, 3.63) is 0 Å². The molecule has 7 nitrogen and oxygen atoms in total. The second kappa shape index (κ2) is 11.4. The molecule has 0 radical (unpaired) electrons. The van der Waals surface area contributed by atoms with Crippen molar-refractivity contribution < 1.29 is 28.0 Å². The fourth-order valence-electron chi connectivity index (χ4n) is 8.39. The lowest BCUT2D eigenvalue weighted by atomic mass is 9.49. The van der Waals surface area contributed by atoms with Crippen LogP contribution in [0.1, 0.15) is 98.3 Å². The van der Waals surface area contributed by atoms with Gasteiger partial charge in [0.2, 0.25) is 5.91 Å². The molecule has 3 fully saturated rings. The van der Waals surface area contributed by atoms with Crippen molar-refractivity contribution in [2.45, 2.75) is 111 Å². The molecular formula is C27H49NO6S. The van der Waals surface area contributed by atoms with Crippen LogP contribution in [-0.4, -0.2) is 53.6 Å². The van der Waals surface area contributed by atoms with Crippen molar-refractivity contribution in [1.82, 2.24) is 5.32 Å². The molecule has 204 valence electrons. The van der Waals surface area contributed by atoms with Crippen molar-refractivity contribution in [2.24, 2.45) is 40.4 Å². The average molecular weight is 516 g/mol. The highest BCUT2D eigenvalue weighted by Gasteiger charge is 2.58. The zero-order valence-electron chi connectivity index (χ0n) is 22.2. The molecule has 0 spiro atoms. The van der Waals surface area contributed by atoms with Crippen LogP contribution in [-0.2, 0) is 14.9 Å². The molecule has 4 N–H and O–H groups in total. The van der Waals surface area contributed by atoms with Gasteiger partial charge in [0.25, 0.3) is 10.1 Å². The molecule has 8 heteroatoms. The number of carbonyl (C=O) groups is 1. The van der Waals surface area contributed by atoms with Crippen LogP contribution in [0.5, 0.6) is 0 Å². The normalized spacial score (nSPS) is 39.6. The van der Waals surface area contributed by atoms with E-state index >= 15 is 0 Å². The molecule has 3 rings (SSSR count). The molecule has 0 heterocycles. The number of aliphatic hydroxyl groups is 2. The summed E-state index contributed by atoms with van der Waals surface area (Å²) in [6.07, 6.45) is 9.78. The van der Waals surface area contributed by atoms with Gasteiger partial charge in [-0.3, -0.25) is 9.35 Å². The largest absolute Gasteiger partial charge is 0.393 e. The highest BCUT2D eigenvalue weighted by atomic mass is 32.2. The molecule has 35 heavy (non-hydrogen) atoms. The van der Waals surface area contributed by atoms with Gasteiger partial charge in [-0.05, 0) is 105 Å². The zero-order chi connectivity index (χ0) is 26.0. The number of nitrogens with one attached hydrogen (secondary N) is 1. The molecule has 0 saturated heterocycles.